The monoisotopic (exact) mass is 356 g/mol. The zero-order chi connectivity index (χ0) is 18.1. The van der Waals surface area contributed by atoms with E-state index in [2.05, 4.69) is 21.2 Å². The molecule has 1 aromatic carbocycles. The SMILES string of the molecule is C[C@H](C(=O)N1CCc2ccccc21)N1CCN(CC(=O)NC2CC2)CC1. The van der Waals surface area contributed by atoms with Gasteiger partial charge in [0, 0.05) is 44.5 Å². The second-order valence-electron chi connectivity index (χ2n) is 7.70. The van der Waals surface area contributed by atoms with Crippen molar-refractivity contribution in [3.05, 3.63) is 29.8 Å². The van der Waals surface area contributed by atoms with E-state index in [1.54, 1.807) is 0 Å². The molecule has 1 saturated heterocycles. The summed E-state index contributed by atoms with van der Waals surface area (Å²) in [5, 5.41) is 3.04. The molecule has 140 valence electrons. The maximum Gasteiger partial charge on any atom is 0.244 e. The summed E-state index contributed by atoms with van der Waals surface area (Å²) in [6, 6.07) is 8.49. The van der Waals surface area contributed by atoms with Crippen LogP contribution in [0.25, 0.3) is 0 Å². The number of nitrogens with one attached hydrogen (secondary N) is 1. The standard InChI is InChI=1S/C20H28N4O2/c1-15(20(26)24-9-8-16-4-2-3-5-18(16)24)23-12-10-22(11-13-23)14-19(25)21-17-6-7-17/h2-5,15,17H,6-14H2,1H3,(H,21,25)/t15-/m1/s1. The maximum atomic E-state index is 13.0. The van der Waals surface area contributed by atoms with E-state index in [9.17, 15) is 9.59 Å². The normalized spacial score (nSPS) is 22.1. The Balaban J connectivity index is 1.28. The van der Waals surface area contributed by atoms with Crippen molar-refractivity contribution < 1.29 is 9.59 Å². The predicted octanol–water partition coefficient (Wildman–Crippen LogP) is 0.860. The highest BCUT2D eigenvalue weighted by atomic mass is 16.2. The third-order valence-corrected chi connectivity index (χ3v) is 5.77. The van der Waals surface area contributed by atoms with E-state index in [0.717, 1.165) is 57.7 Å². The molecule has 0 spiro atoms. The molecule has 4 rings (SSSR count). The van der Waals surface area contributed by atoms with Gasteiger partial charge in [-0.25, -0.2) is 0 Å². The van der Waals surface area contributed by atoms with E-state index >= 15 is 0 Å². The number of fused-ring (bicyclic) bond motifs is 1. The van der Waals surface area contributed by atoms with E-state index in [1.165, 1.54) is 5.56 Å². The van der Waals surface area contributed by atoms with E-state index < -0.39 is 0 Å². The minimum Gasteiger partial charge on any atom is -0.352 e. The van der Waals surface area contributed by atoms with Crippen LogP contribution in [0.5, 0.6) is 0 Å². The quantitative estimate of drug-likeness (QED) is 0.850. The van der Waals surface area contributed by atoms with Gasteiger partial charge < -0.3 is 10.2 Å². The van der Waals surface area contributed by atoms with Gasteiger partial charge in [-0.2, -0.15) is 0 Å². The first-order valence-electron chi connectivity index (χ1n) is 9.77. The molecule has 2 amide bonds. The van der Waals surface area contributed by atoms with Crippen molar-refractivity contribution in [3.8, 4) is 0 Å². The summed E-state index contributed by atoms with van der Waals surface area (Å²) in [4.78, 5) is 31.3. The van der Waals surface area contributed by atoms with Crippen LogP contribution in [0.3, 0.4) is 0 Å². The van der Waals surface area contributed by atoms with Crippen LogP contribution in [0.1, 0.15) is 25.3 Å². The average Bonchev–Trinajstić information content (AvgIpc) is 3.36. The number of para-hydroxylation sites is 1. The lowest BCUT2D eigenvalue weighted by Gasteiger charge is -2.38. The molecule has 1 saturated carbocycles. The molecule has 2 aliphatic heterocycles. The fourth-order valence-corrected chi connectivity index (χ4v) is 3.96. The number of carbonyl (C=O) groups is 2. The van der Waals surface area contributed by atoms with Crippen molar-refractivity contribution in [2.24, 2.45) is 0 Å². The van der Waals surface area contributed by atoms with Gasteiger partial charge in [-0.15, -0.1) is 0 Å². The van der Waals surface area contributed by atoms with Crippen molar-refractivity contribution in [1.29, 1.82) is 0 Å². The lowest BCUT2D eigenvalue weighted by molar-refractivity contribution is -0.126. The summed E-state index contributed by atoms with van der Waals surface area (Å²) in [5.74, 6) is 0.327. The van der Waals surface area contributed by atoms with E-state index in [-0.39, 0.29) is 17.9 Å². The van der Waals surface area contributed by atoms with Crippen LogP contribution in [0.15, 0.2) is 24.3 Å². The number of benzene rings is 1. The van der Waals surface area contributed by atoms with E-state index in [0.29, 0.717) is 12.6 Å². The molecule has 26 heavy (non-hydrogen) atoms. The van der Waals surface area contributed by atoms with Crippen LogP contribution in [0.2, 0.25) is 0 Å². The van der Waals surface area contributed by atoms with Gasteiger partial charge in [0.1, 0.15) is 0 Å². The lowest BCUT2D eigenvalue weighted by Crippen LogP contribution is -2.55. The largest absolute Gasteiger partial charge is 0.352 e. The Morgan fingerprint density at radius 2 is 1.85 bits per heavy atom. The number of hydrogen-bond acceptors (Lipinski definition) is 4. The summed E-state index contributed by atoms with van der Waals surface area (Å²) in [7, 11) is 0. The molecular weight excluding hydrogens is 328 g/mol. The van der Waals surface area contributed by atoms with Crippen molar-refractivity contribution in [3.63, 3.8) is 0 Å². The molecular formula is C20H28N4O2. The number of amides is 2. The molecule has 1 aliphatic carbocycles. The van der Waals surface area contributed by atoms with Crippen LogP contribution >= 0.6 is 0 Å². The summed E-state index contributed by atoms with van der Waals surface area (Å²) < 4.78 is 0. The molecule has 6 heteroatoms. The first kappa shape index (κ1) is 17.5. The second kappa shape index (κ2) is 7.37. The van der Waals surface area contributed by atoms with Crippen molar-refractivity contribution in [2.45, 2.75) is 38.3 Å². The van der Waals surface area contributed by atoms with Crippen LogP contribution in [-0.4, -0.2) is 73.0 Å². The van der Waals surface area contributed by atoms with Crippen LogP contribution in [0, 0.1) is 0 Å². The van der Waals surface area contributed by atoms with Gasteiger partial charge in [0.25, 0.3) is 0 Å². The number of anilines is 1. The number of piperazine rings is 1. The summed E-state index contributed by atoms with van der Waals surface area (Å²) in [6.45, 7) is 6.62. The Kier molecular flexibility index (Phi) is 4.96. The van der Waals surface area contributed by atoms with Crippen molar-refractivity contribution in [2.75, 3.05) is 44.2 Å². The molecule has 1 aromatic rings. The Hall–Kier alpha value is -1.92. The lowest BCUT2D eigenvalue weighted by atomic mass is 10.1. The molecule has 2 fully saturated rings. The Morgan fingerprint density at radius 1 is 1.12 bits per heavy atom. The number of rotatable bonds is 5. The molecule has 6 nitrogen and oxygen atoms in total. The molecule has 1 atom stereocenters. The Morgan fingerprint density at radius 3 is 2.58 bits per heavy atom. The third kappa shape index (κ3) is 3.76. The fraction of sp³-hybridized carbons (Fsp3) is 0.600. The van der Waals surface area contributed by atoms with E-state index in [1.807, 2.05) is 30.0 Å². The van der Waals surface area contributed by atoms with Crippen molar-refractivity contribution >= 4 is 17.5 Å². The maximum absolute atomic E-state index is 13.0. The summed E-state index contributed by atoms with van der Waals surface area (Å²) in [6.07, 6.45) is 3.19. The van der Waals surface area contributed by atoms with Gasteiger partial charge in [-0.05, 0) is 37.8 Å². The minimum atomic E-state index is -0.122. The molecule has 0 unspecified atom stereocenters. The predicted molar refractivity (Wildman–Crippen MR) is 101 cm³/mol. The van der Waals surface area contributed by atoms with Gasteiger partial charge in [-0.3, -0.25) is 19.4 Å². The zero-order valence-corrected chi connectivity index (χ0v) is 15.5. The molecule has 0 radical (unpaired) electrons. The number of nitrogens with zero attached hydrogens (tertiary/aromatic N) is 3. The van der Waals surface area contributed by atoms with Gasteiger partial charge in [0.15, 0.2) is 0 Å². The van der Waals surface area contributed by atoms with Crippen molar-refractivity contribution in [1.82, 2.24) is 15.1 Å². The first-order chi connectivity index (χ1) is 12.6. The third-order valence-electron chi connectivity index (χ3n) is 5.77. The highest BCUT2D eigenvalue weighted by Gasteiger charge is 2.32. The van der Waals surface area contributed by atoms with E-state index in [4.69, 9.17) is 0 Å². The molecule has 0 aromatic heterocycles. The van der Waals surface area contributed by atoms with Gasteiger partial charge in [-0.1, -0.05) is 18.2 Å². The number of hydrogen-bond donors (Lipinski definition) is 1. The fourth-order valence-electron chi connectivity index (χ4n) is 3.96. The van der Waals surface area contributed by atoms with Gasteiger partial charge in [0.2, 0.25) is 11.8 Å². The average molecular weight is 356 g/mol. The number of carbonyl (C=O) groups excluding carboxylic acids is 2. The highest BCUT2D eigenvalue weighted by molar-refractivity contribution is 5.98. The molecule has 3 aliphatic rings. The second-order valence-corrected chi connectivity index (χ2v) is 7.70. The minimum absolute atomic E-state index is 0.122. The van der Waals surface area contributed by atoms with Gasteiger partial charge >= 0.3 is 0 Å². The Labute approximate surface area is 155 Å². The molecule has 0 bridgehead atoms. The zero-order valence-electron chi connectivity index (χ0n) is 15.5. The smallest absolute Gasteiger partial charge is 0.244 e. The topological polar surface area (TPSA) is 55.9 Å². The summed E-state index contributed by atoms with van der Waals surface area (Å²) in [5.41, 5.74) is 2.33. The van der Waals surface area contributed by atoms with Crippen LogP contribution in [-0.2, 0) is 16.0 Å². The van der Waals surface area contributed by atoms with Crippen LogP contribution in [0.4, 0.5) is 5.69 Å². The molecule has 2 heterocycles. The van der Waals surface area contributed by atoms with Crippen LogP contribution < -0.4 is 10.2 Å². The Bertz CT molecular complexity index is 680. The summed E-state index contributed by atoms with van der Waals surface area (Å²) >= 11 is 0. The first-order valence-corrected chi connectivity index (χ1v) is 9.77. The highest BCUT2D eigenvalue weighted by Crippen LogP contribution is 2.28. The van der Waals surface area contributed by atoms with Gasteiger partial charge in [0.05, 0.1) is 12.6 Å². The molecule has 1 N–H and O–H groups in total.